The van der Waals surface area contributed by atoms with Gasteiger partial charge in [-0.3, -0.25) is 9.59 Å². The van der Waals surface area contributed by atoms with E-state index in [1.807, 2.05) is 61.5 Å². The molecule has 0 aliphatic heterocycles. The highest BCUT2D eigenvalue weighted by Crippen LogP contribution is 2.24. The number of hydrogen-bond donors (Lipinski definition) is 0. The molecule has 5 heteroatoms. The molecule has 0 bridgehead atoms. The highest BCUT2D eigenvalue weighted by molar-refractivity contribution is 5.96. The standard InChI is InChI=1S/C25H26N2O3/c1-4-25(29)27(2)22-13-11-20(12-14-22)19-7-9-21(10-8-19)23(28)15-5-18-6-16-24(30-3)26-17-18/h6-14,16-17H,4-5,15H2,1-3H3. The topological polar surface area (TPSA) is 59.5 Å². The third kappa shape index (κ3) is 5.11. The highest BCUT2D eigenvalue weighted by atomic mass is 16.5. The zero-order chi connectivity index (χ0) is 21.5. The molecule has 0 saturated carbocycles. The molecule has 154 valence electrons. The third-order valence-corrected chi connectivity index (χ3v) is 5.12. The maximum atomic E-state index is 12.5. The lowest BCUT2D eigenvalue weighted by Crippen LogP contribution is -2.24. The van der Waals surface area contributed by atoms with Gasteiger partial charge in [0.2, 0.25) is 11.8 Å². The van der Waals surface area contributed by atoms with Gasteiger partial charge in [0.1, 0.15) is 0 Å². The molecule has 0 spiro atoms. The van der Waals surface area contributed by atoms with Crippen LogP contribution < -0.4 is 9.64 Å². The zero-order valence-corrected chi connectivity index (χ0v) is 17.6. The first-order valence-corrected chi connectivity index (χ1v) is 10.0. The molecule has 0 atom stereocenters. The Hall–Kier alpha value is -3.47. The fourth-order valence-electron chi connectivity index (χ4n) is 3.19. The Bertz CT molecular complexity index is 994. The lowest BCUT2D eigenvalue weighted by molar-refractivity contribution is -0.118. The lowest BCUT2D eigenvalue weighted by atomic mass is 9.99. The number of aryl methyl sites for hydroxylation is 1. The molecule has 0 aliphatic rings. The van der Waals surface area contributed by atoms with Gasteiger partial charge in [0.05, 0.1) is 7.11 Å². The summed E-state index contributed by atoms with van der Waals surface area (Å²) in [4.78, 5) is 30.2. The average Bonchev–Trinajstić information content (AvgIpc) is 2.82. The number of ketones is 1. The summed E-state index contributed by atoms with van der Waals surface area (Å²) in [6, 6.07) is 19.2. The number of Topliss-reactive ketones (excluding diaryl/α,β-unsaturated/α-hetero) is 1. The number of ether oxygens (including phenoxy) is 1. The number of carbonyl (C=O) groups excluding carboxylic acids is 2. The summed E-state index contributed by atoms with van der Waals surface area (Å²) in [5, 5.41) is 0. The van der Waals surface area contributed by atoms with Gasteiger partial charge in [-0.2, -0.15) is 0 Å². The number of carbonyl (C=O) groups is 2. The van der Waals surface area contributed by atoms with Crippen LogP contribution in [0.25, 0.3) is 11.1 Å². The van der Waals surface area contributed by atoms with E-state index < -0.39 is 0 Å². The fraction of sp³-hybridized carbons (Fsp3) is 0.240. The van der Waals surface area contributed by atoms with Crippen molar-refractivity contribution in [3.63, 3.8) is 0 Å². The molecule has 3 aromatic rings. The Kier molecular flexibility index (Phi) is 6.96. The quantitative estimate of drug-likeness (QED) is 0.501. The van der Waals surface area contributed by atoms with Crippen molar-refractivity contribution < 1.29 is 14.3 Å². The van der Waals surface area contributed by atoms with Crippen LogP contribution in [0.15, 0.2) is 66.9 Å². The van der Waals surface area contributed by atoms with Crippen molar-refractivity contribution in [2.24, 2.45) is 0 Å². The predicted octanol–water partition coefficient (Wildman–Crippen LogP) is 4.95. The second-order valence-corrected chi connectivity index (χ2v) is 7.06. The van der Waals surface area contributed by atoms with E-state index >= 15 is 0 Å². The fourth-order valence-corrected chi connectivity index (χ4v) is 3.19. The summed E-state index contributed by atoms with van der Waals surface area (Å²) in [6.07, 6.45) is 3.29. The molecule has 0 unspecified atom stereocenters. The summed E-state index contributed by atoms with van der Waals surface area (Å²) < 4.78 is 5.05. The molecule has 0 fully saturated rings. The van der Waals surface area contributed by atoms with Gasteiger partial charge in [-0.05, 0) is 35.2 Å². The lowest BCUT2D eigenvalue weighted by Gasteiger charge is -2.16. The molecule has 0 aliphatic carbocycles. The molecular formula is C25H26N2O3. The monoisotopic (exact) mass is 402 g/mol. The number of benzene rings is 2. The maximum Gasteiger partial charge on any atom is 0.226 e. The summed E-state index contributed by atoms with van der Waals surface area (Å²) in [6.45, 7) is 1.85. The molecule has 30 heavy (non-hydrogen) atoms. The van der Waals surface area contributed by atoms with Crippen LogP contribution in [0.2, 0.25) is 0 Å². The van der Waals surface area contributed by atoms with E-state index in [-0.39, 0.29) is 11.7 Å². The minimum Gasteiger partial charge on any atom is -0.481 e. The Labute approximate surface area is 177 Å². The van der Waals surface area contributed by atoms with Crippen LogP contribution >= 0.6 is 0 Å². The summed E-state index contributed by atoms with van der Waals surface area (Å²) in [7, 11) is 3.36. The number of anilines is 1. The van der Waals surface area contributed by atoms with Crippen LogP contribution in [-0.2, 0) is 11.2 Å². The molecule has 2 aromatic carbocycles. The second-order valence-electron chi connectivity index (χ2n) is 7.06. The molecule has 3 rings (SSSR count). The summed E-state index contributed by atoms with van der Waals surface area (Å²) in [5.74, 6) is 0.751. The van der Waals surface area contributed by atoms with Crippen molar-refractivity contribution in [2.75, 3.05) is 19.1 Å². The maximum absolute atomic E-state index is 12.5. The first-order chi connectivity index (χ1) is 14.5. The van der Waals surface area contributed by atoms with Crippen LogP contribution in [0.4, 0.5) is 5.69 Å². The van der Waals surface area contributed by atoms with Gasteiger partial charge >= 0.3 is 0 Å². The molecule has 1 amide bonds. The van der Waals surface area contributed by atoms with Gasteiger partial charge < -0.3 is 9.64 Å². The molecule has 1 aromatic heterocycles. The third-order valence-electron chi connectivity index (χ3n) is 5.12. The van der Waals surface area contributed by atoms with Crippen LogP contribution in [0.3, 0.4) is 0 Å². The van der Waals surface area contributed by atoms with E-state index in [2.05, 4.69) is 4.98 Å². The van der Waals surface area contributed by atoms with E-state index in [0.717, 1.165) is 22.4 Å². The number of aromatic nitrogens is 1. The number of pyridine rings is 1. The van der Waals surface area contributed by atoms with Crippen molar-refractivity contribution in [2.45, 2.75) is 26.2 Å². The Morgan fingerprint density at radius 1 is 0.933 bits per heavy atom. The normalized spacial score (nSPS) is 10.5. The molecular weight excluding hydrogens is 376 g/mol. The van der Waals surface area contributed by atoms with Gasteiger partial charge in [0.25, 0.3) is 0 Å². The Morgan fingerprint density at radius 2 is 1.57 bits per heavy atom. The first-order valence-electron chi connectivity index (χ1n) is 10.0. The minimum atomic E-state index is 0.0797. The van der Waals surface area contributed by atoms with Gasteiger partial charge in [-0.1, -0.05) is 49.4 Å². The zero-order valence-electron chi connectivity index (χ0n) is 17.6. The van der Waals surface area contributed by atoms with Gasteiger partial charge in [0.15, 0.2) is 5.78 Å². The number of hydrogen-bond acceptors (Lipinski definition) is 4. The SMILES string of the molecule is CCC(=O)N(C)c1ccc(-c2ccc(C(=O)CCc3ccc(OC)nc3)cc2)cc1. The molecule has 5 nitrogen and oxygen atoms in total. The van der Waals surface area contributed by atoms with Gasteiger partial charge in [-0.25, -0.2) is 4.98 Å². The number of methoxy groups -OCH3 is 1. The van der Waals surface area contributed by atoms with Crippen molar-refractivity contribution in [3.8, 4) is 17.0 Å². The van der Waals surface area contributed by atoms with Crippen molar-refractivity contribution in [1.29, 1.82) is 0 Å². The van der Waals surface area contributed by atoms with Crippen LogP contribution in [0.1, 0.15) is 35.7 Å². The molecule has 0 radical (unpaired) electrons. The second kappa shape index (κ2) is 9.83. The van der Waals surface area contributed by atoms with E-state index in [1.54, 1.807) is 31.3 Å². The molecule has 0 N–H and O–H groups in total. The van der Waals surface area contributed by atoms with Crippen molar-refractivity contribution in [3.05, 3.63) is 78.0 Å². The van der Waals surface area contributed by atoms with Crippen molar-refractivity contribution >= 4 is 17.4 Å². The number of nitrogens with zero attached hydrogens (tertiary/aromatic N) is 2. The summed E-state index contributed by atoms with van der Waals surface area (Å²) in [5.41, 5.74) is 4.64. The van der Waals surface area contributed by atoms with Gasteiger partial charge in [-0.15, -0.1) is 0 Å². The van der Waals surface area contributed by atoms with Crippen LogP contribution in [0.5, 0.6) is 5.88 Å². The van der Waals surface area contributed by atoms with Crippen molar-refractivity contribution in [1.82, 2.24) is 4.98 Å². The van der Waals surface area contributed by atoms with E-state index in [9.17, 15) is 9.59 Å². The Morgan fingerprint density at radius 3 is 2.10 bits per heavy atom. The average molecular weight is 402 g/mol. The first kappa shape index (κ1) is 21.2. The smallest absolute Gasteiger partial charge is 0.226 e. The van der Waals surface area contributed by atoms with E-state index in [4.69, 9.17) is 4.74 Å². The molecule has 0 saturated heterocycles. The predicted molar refractivity (Wildman–Crippen MR) is 119 cm³/mol. The van der Waals surface area contributed by atoms with Crippen LogP contribution in [0, 0.1) is 0 Å². The number of amides is 1. The number of rotatable bonds is 8. The largest absolute Gasteiger partial charge is 0.481 e. The highest BCUT2D eigenvalue weighted by Gasteiger charge is 2.10. The van der Waals surface area contributed by atoms with E-state index in [0.29, 0.717) is 30.7 Å². The summed E-state index contributed by atoms with van der Waals surface area (Å²) >= 11 is 0. The van der Waals surface area contributed by atoms with Crippen LogP contribution in [-0.4, -0.2) is 30.8 Å². The van der Waals surface area contributed by atoms with E-state index in [1.165, 1.54) is 0 Å². The minimum absolute atomic E-state index is 0.0797. The van der Waals surface area contributed by atoms with Gasteiger partial charge in [0, 0.05) is 43.4 Å². The molecule has 1 heterocycles. The Balaban J connectivity index is 1.62.